The molecule has 3 rings (SSSR count). The van der Waals surface area contributed by atoms with E-state index in [2.05, 4.69) is 20.0 Å². The lowest BCUT2D eigenvalue weighted by Crippen LogP contribution is -2.65. The molecule has 1 aliphatic heterocycles. The normalized spacial score (nSPS) is 19.9. The quantitative estimate of drug-likeness (QED) is 0.661. The summed E-state index contributed by atoms with van der Waals surface area (Å²) < 4.78 is 55.8. The van der Waals surface area contributed by atoms with Gasteiger partial charge in [-0.2, -0.15) is 0 Å². The summed E-state index contributed by atoms with van der Waals surface area (Å²) in [6, 6.07) is 4.02. The summed E-state index contributed by atoms with van der Waals surface area (Å²) in [6.07, 6.45) is -4.95. The molecule has 0 bridgehead atoms. The van der Waals surface area contributed by atoms with Crippen molar-refractivity contribution in [3.05, 3.63) is 41.4 Å². The van der Waals surface area contributed by atoms with Gasteiger partial charge in [0.15, 0.2) is 11.6 Å². The van der Waals surface area contributed by atoms with Gasteiger partial charge < -0.3 is 15.3 Å². The molecule has 1 amide bonds. The van der Waals surface area contributed by atoms with Crippen LogP contribution in [0.5, 0.6) is 0 Å². The minimum absolute atomic E-state index is 0.0516. The number of rotatable bonds is 6. The first kappa shape index (κ1) is 22.2. The third-order valence-corrected chi connectivity index (χ3v) is 4.93. The van der Waals surface area contributed by atoms with E-state index in [0.717, 1.165) is 11.2 Å². The molecule has 2 N–H and O–H groups in total. The molecule has 1 aromatic heterocycles. The Bertz CT molecular complexity index is 913. The van der Waals surface area contributed by atoms with E-state index in [1.807, 2.05) is 0 Å². The second-order valence-electron chi connectivity index (χ2n) is 6.60. The van der Waals surface area contributed by atoms with Crippen molar-refractivity contribution in [2.75, 3.05) is 18.5 Å². The highest BCUT2D eigenvalue weighted by atomic mass is 35.5. The molecule has 0 radical (unpaired) electrons. The van der Waals surface area contributed by atoms with Crippen LogP contribution >= 0.6 is 11.6 Å². The molecule has 1 aliphatic rings. The number of aliphatic hydroxyl groups excluding tert-OH is 1. The predicted octanol–water partition coefficient (Wildman–Crippen LogP) is 2.84. The number of amides is 1. The van der Waals surface area contributed by atoms with Crippen molar-refractivity contribution in [2.24, 2.45) is 0 Å². The Morgan fingerprint density at radius 3 is 2.60 bits per heavy atom. The summed E-state index contributed by atoms with van der Waals surface area (Å²) in [6.45, 7) is 0.350. The van der Waals surface area contributed by atoms with Gasteiger partial charge in [-0.05, 0) is 19.1 Å². The van der Waals surface area contributed by atoms with Gasteiger partial charge in [0, 0.05) is 17.1 Å². The standard InChI is InChI=1S/C18H17ClF4N4O3/c1-9-13(30-18(21,22)23)6-27(9)17(29)12(7-28)26-16-14(20)15(24-8-25-16)10-2-4-11(19)5-3-10/h2-5,8-9,12-13,28H,6-7H2,1H3,(H,24,25,26)/t9-,12+,13-/m0/s1. The molecule has 12 heteroatoms. The van der Waals surface area contributed by atoms with Crippen LogP contribution in [-0.4, -0.2) is 63.6 Å². The highest BCUT2D eigenvalue weighted by Gasteiger charge is 2.47. The second kappa shape index (κ2) is 8.70. The van der Waals surface area contributed by atoms with Crippen LogP contribution in [-0.2, 0) is 9.53 Å². The molecule has 1 saturated heterocycles. The van der Waals surface area contributed by atoms with E-state index in [0.29, 0.717) is 10.6 Å². The number of alkyl halides is 3. The number of benzene rings is 1. The first-order chi connectivity index (χ1) is 14.1. The molecule has 162 valence electrons. The van der Waals surface area contributed by atoms with E-state index < -0.39 is 42.9 Å². The summed E-state index contributed by atoms with van der Waals surface area (Å²) in [5.74, 6) is -1.90. The summed E-state index contributed by atoms with van der Waals surface area (Å²) in [7, 11) is 0. The highest BCUT2D eigenvalue weighted by Crippen LogP contribution is 2.30. The Kier molecular flexibility index (Phi) is 6.44. The number of hydrogen-bond acceptors (Lipinski definition) is 6. The minimum Gasteiger partial charge on any atom is -0.394 e. The number of aliphatic hydroxyl groups is 1. The van der Waals surface area contributed by atoms with Crippen LogP contribution in [0.3, 0.4) is 0 Å². The van der Waals surface area contributed by atoms with Gasteiger partial charge in [0.2, 0.25) is 5.91 Å². The number of anilines is 1. The van der Waals surface area contributed by atoms with E-state index in [-0.39, 0.29) is 18.1 Å². The van der Waals surface area contributed by atoms with E-state index in [9.17, 15) is 27.5 Å². The van der Waals surface area contributed by atoms with Gasteiger partial charge in [-0.15, -0.1) is 13.2 Å². The number of hydrogen-bond donors (Lipinski definition) is 2. The highest BCUT2D eigenvalue weighted by molar-refractivity contribution is 6.30. The number of nitrogens with one attached hydrogen (secondary N) is 1. The Balaban J connectivity index is 1.73. The molecule has 30 heavy (non-hydrogen) atoms. The Morgan fingerprint density at radius 1 is 1.37 bits per heavy atom. The Labute approximate surface area is 173 Å². The van der Waals surface area contributed by atoms with Gasteiger partial charge in [0.05, 0.1) is 12.6 Å². The van der Waals surface area contributed by atoms with Crippen molar-refractivity contribution in [3.63, 3.8) is 0 Å². The topological polar surface area (TPSA) is 87.6 Å². The Morgan fingerprint density at radius 2 is 2.03 bits per heavy atom. The van der Waals surface area contributed by atoms with Gasteiger partial charge in [0.25, 0.3) is 0 Å². The molecule has 2 aromatic rings. The maximum absolute atomic E-state index is 14.9. The predicted molar refractivity (Wildman–Crippen MR) is 99.0 cm³/mol. The van der Waals surface area contributed by atoms with Crippen LogP contribution in [0, 0.1) is 5.82 Å². The summed E-state index contributed by atoms with van der Waals surface area (Å²) in [5, 5.41) is 12.5. The van der Waals surface area contributed by atoms with Crippen LogP contribution in [0.1, 0.15) is 6.92 Å². The van der Waals surface area contributed by atoms with E-state index in [4.69, 9.17) is 11.6 Å². The molecule has 0 saturated carbocycles. The van der Waals surface area contributed by atoms with Crippen LogP contribution in [0.15, 0.2) is 30.6 Å². The zero-order chi connectivity index (χ0) is 22.1. The molecule has 2 heterocycles. The Hall–Kier alpha value is -2.50. The largest absolute Gasteiger partial charge is 0.522 e. The third kappa shape index (κ3) is 4.79. The number of nitrogens with zero attached hydrogens (tertiary/aromatic N) is 3. The van der Waals surface area contributed by atoms with Gasteiger partial charge in [0.1, 0.15) is 24.2 Å². The van der Waals surface area contributed by atoms with Crippen molar-refractivity contribution in [2.45, 2.75) is 31.5 Å². The van der Waals surface area contributed by atoms with Crippen molar-refractivity contribution in [1.82, 2.24) is 14.9 Å². The average Bonchev–Trinajstić information content (AvgIpc) is 2.69. The maximum Gasteiger partial charge on any atom is 0.522 e. The zero-order valence-corrected chi connectivity index (χ0v) is 16.3. The van der Waals surface area contributed by atoms with Gasteiger partial charge in [-0.25, -0.2) is 14.4 Å². The van der Waals surface area contributed by atoms with Crippen LogP contribution in [0.25, 0.3) is 11.3 Å². The third-order valence-electron chi connectivity index (χ3n) is 4.67. The number of carbonyl (C=O) groups is 1. The SMILES string of the molecule is C[C@H]1[C@@H](OC(F)(F)F)CN1C(=O)[C@@H](CO)Nc1ncnc(-c2ccc(Cl)cc2)c1F. The molecular weight excluding hydrogens is 432 g/mol. The van der Waals surface area contributed by atoms with E-state index in [1.54, 1.807) is 24.3 Å². The van der Waals surface area contributed by atoms with Gasteiger partial charge >= 0.3 is 6.36 Å². The minimum atomic E-state index is -4.81. The lowest BCUT2D eigenvalue weighted by molar-refractivity contribution is -0.359. The lowest BCUT2D eigenvalue weighted by Gasteiger charge is -2.46. The smallest absolute Gasteiger partial charge is 0.394 e. The maximum atomic E-state index is 14.9. The molecule has 1 fully saturated rings. The molecule has 0 spiro atoms. The number of ether oxygens (including phenoxy) is 1. The zero-order valence-electron chi connectivity index (χ0n) is 15.5. The van der Waals surface area contributed by atoms with Crippen LogP contribution in [0.2, 0.25) is 5.02 Å². The first-order valence-electron chi connectivity index (χ1n) is 8.79. The van der Waals surface area contributed by atoms with Gasteiger partial charge in [-0.3, -0.25) is 9.53 Å². The van der Waals surface area contributed by atoms with Crippen molar-refractivity contribution in [3.8, 4) is 11.3 Å². The second-order valence-corrected chi connectivity index (χ2v) is 7.04. The van der Waals surface area contributed by atoms with Crippen molar-refractivity contribution >= 4 is 23.3 Å². The summed E-state index contributed by atoms with van der Waals surface area (Å²) in [5.41, 5.74) is 0.363. The molecule has 3 atom stereocenters. The monoisotopic (exact) mass is 448 g/mol. The first-order valence-corrected chi connectivity index (χ1v) is 9.17. The fraction of sp³-hybridized carbons (Fsp3) is 0.389. The fourth-order valence-electron chi connectivity index (χ4n) is 3.00. The van der Waals surface area contributed by atoms with Crippen molar-refractivity contribution < 1.29 is 32.2 Å². The number of halogens is 5. The summed E-state index contributed by atoms with van der Waals surface area (Å²) >= 11 is 5.82. The number of carbonyl (C=O) groups excluding carboxylic acids is 1. The molecule has 7 nitrogen and oxygen atoms in total. The number of aromatic nitrogens is 2. The lowest BCUT2D eigenvalue weighted by atomic mass is 9.99. The summed E-state index contributed by atoms with van der Waals surface area (Å²) in [4.78, 5) is 21.3. The molecule has 0 aliphatic carbocycles. The van der Waals surface area contributed by atoms with Crippen LogP contribution < -0.4 is 5.32 Å². The molecule has 0 unspecified atom stereocenters. The average molecular weight is 449 g/mol. The number of likely N-dealkylation sites (tertiary alicyclic amines) is 1. The van der Waals surface area contributed by atoms with E-state index >= 15 is 0 Å². The molecular formula is C18H17ClF4N4O3. The molecule has 1 aromatic carbocycles. The van der Waals surface area contributed by atoms with E-state index in [1.165, 1.54) is 6.92 Å². The van der Waals surface area contributed by atoms with Gasteiger partial charge in [-0.1, -0.05) is 23.7 Å². The van der Waals surface area contributed by atoms with Crippen LogP contribution in [0.4, 0.5) is 23.4 Å². The fourth-order valence-corrected chi connectivity index (χ4v) is 3.13. The van der Waals surface area contributed by atoms with Crippen molar-refractivity contribution in [1.29, 1.82) is 0 Å².